The molecule has 0 aliphatic carbocycles. The highest BCUT2D eigenvalue weighted by Gasteiger charge is 2.24. The van der Waals surface area contributed by atoms with E-state index < -0.39 is 23.4 Å². The van der Waals surface area contributed by atoms with Crippen molar-refractivity contribution in [3.63, 3.8) is 0 Å². The van der Waals surface area contributed by atoms with E-state index in [-0.39, 0.29) is 5.17 Å². The van der Waals surface area contributed by atoms with E-state index in [1.165, 1.54) is 0 Å². The van der Waals surface area contributed by atoms with Crippen LogP contribution in [0.15, 0.2) is 0 Å². The van der Waals surface area contributed by atoms with Crippen molar-refractivity contribution in [2.75, 3.05) is 0 Å². The van der Waals surface area contributed by atoms with Crippen LogP contribution in [0.5, 0.6) is 0 Å². The molecular weight excluding hydrogens is 228 g/mol. The summed E-state index contributed by atoms with van der Waals surface area (Å²) < 4.78 is 9.63. The van der Waals surface area contributed by atoms with E-state index >= 15 is 0 Å². The second-order valence-corrected chi connectivity index (χ2v) is 5.41. The first-order valence-electron chi connectivity index (χ1n) is 5.12. The second-order valence-electron chi connectivity index (χ2n) is 5.41. The number of hydrogen-bond acceptors (Lipinski definition) is 5. The minimum Gasteiger partial charge on any atom is -0.443 e. The van der Waals surface area contributed by atoms with Gasteiger partial charge in [-0.3, -0.25) is 5.21 Å². The Labute approximate surface area is 101 Å². The highest BCUT2D eigenvalue weighted by Crippen LogP contribution is 2.09. The largest absolute Gasteiger partial charge is 0.454 e. The van der Waals surface area contributed by atoms with Crippen LogP contribution >= 0.6 is 0 Å². The number of nitrogens with one attached hydrogen (secondary N) is 1. The zero-order valence-electron chi connectivity index (χ0n) is 11.0. The van der Waals surface area contributed by atoms with E-state index in [4.69, 9.17) is 9.47 Å². The molecule has 0 atom stereocenters. The molecule has 0 spiro atoms. The second kappa shape index (κ2) is 5.22. The summed E-state index contributed by atoms with van der Waals surface area (Å²) in [5.74, 6) is 0. The van der Waals surface area contributed by atoms with E-state index in [0.29, 0.717) is 0 Å². The van der Waals surface area contributed by atoms with Gasteiger partial charge in [-0.05, 0) is 41.5 Å². The monoisotopic (exact) mass is 248 g/mol. The van der Waals surface area contributed by atoms with Crippen LogP contribution in [0, 0.1) is 0 Å². The third-order valence-corrected chi connectivity index (χ3v) is 1.16. The number of amides is 2. The standard InChI is InChI=1S/C10H20N2O5/c1-9(2,3)16-7(13)11-12(15)8(14)17-10(4,5)6/h15H,1-6H3,(H,11,13). The highest BCUT2D eigenvalue weighted by atomic mass is 16.7. The van der Waals surface area contributed by atoms with Crippen LogP contribution in [-0.4, -0.2) is 33.8 Å². The van der Waals surface area contributed by atoms with E-state index in [1.54, 1.807) is 41.5 Å². The zero-order chi connectivity index (χ0) is 13.9. The molecule has 2 amide bonds. The maximum Gasteiger partial charge on any atom is 0.454 e. The lowest BCUT2D eigenvalue weighted by atomic mass is 10.2. The number of ether oxygens (including phenoxy) is 2. The quantitative estimate of drug-likeness (QED) is 0.506. The summed E-state index contributed by atoms with van der Waals surface area (Å²) in [6.07, 6.45) is -2.05. The number of rotatable bonds is 0. The molecule has 0 saturated heterocycles. The van der Waals surface area contributed by atoms with E-state index in [2.05, 4.69) is 0 Å². The lowest BCUT2D eigenvalue weighted by Gasteiger charge is -2.25. The minimum absolute atomic E-state index is 0.0562. The van der Waals surface area contributed by atoms with Gasteiger partial charge in [0.2, 0.25) is 0 Å². The van der Waals surface area contributed by atoms with Crippen LogP contribution in [0.4, 0.5) is 9.59 Å². The van der Waals surface area contributed by atoms with Crippen LogP contribution in [0.2, 0.25) is 0 Å². The van der Waals surface area contributed by atoms with Crippen LogP contribution in [0.1, 0.15) is 41.5 Å². The number of hydrogen-bond donors (Lipinski definition) is 2. The fourth-order valence-corrected chi connectivity index (χ4v) is 0.738. The summed E-state index contributed by atoms with van der Waals surface area (Å²) in [6, 6.07) is 0. The molecule has 100 valence electrons. The van der Waals surface area contributed by atoms with Gasteiger partial charge in [-0.25, -0.2) is 15.0 Å². The van der Waals surface area contributed by atoms with Crippen molar-refractivity contribution in [2.24, 2.45) is 0 Å². The van der Waals surface area contributed by atoms with E-state index in [0.717, 1.165) is 0 Å². The van der Waals surface area contributed by atoms with Crippen molar-refractivity contribution in [3.8, 4) is 0 Å². The Morgan fingerprint density at radius 2 is 1.41 bits per heavy atom. The predicted molar refractivity (Wildman–Crippen MR) is 59.2 cm³/mol. The maximum absolute atomic E-state index is 11.2. The number of carbonyl (C=O) groups excluding carboxylic acids is 2. The Balaban J connectivity index is 4.22. The van der Waals surface area contributed by atoms with Crippen LogP contribution < -0.4 is 5.43 Å². The van der Waals surface area contributed by atoms with Crippen molar-refractivity contribution in [1.82, 2.24) is 10.6 Å². The fraction of sp³-hybridized carbons (Fsp3) is 0.800. The molecule has 2 N–H and O–H groups in total. The lowest BCUT2D eigenvalue weighted by molar-refractivity contribution is -0.125. The van der Waals surface area contributed by atoms with Crippen molar-refractivity contribution in [2.45, 2.75) is 52.7 Å². The van der Waals surface area contributed by atoms with Gasteiger partial charge in [0.25, 0.3) is 0 Å². The van der Waals surface area contributed by atoms with E-state index in [1.807, 2.05) is 5.43 Å². The molecule has 0 radical (unpaired) electrons. The normalized spacial score (nSPS) is 11.7. The van der Waals surface area contributed by atoms with Gasteiger partial charge in [-0.15, -0.1) is 0 Å². The van der Waals surface area contributed by atoms with E-state index in [9.17, 15) is 14.8 Å². The lowest BCUT2D eigenvalue weighted by Crippen LogP contribution is -2.47. The van der Waals surface area contributed by atoms with Crippen LogP contribution in [0.25, 0.3) is 0 Å². The third kappa shape index (κ3) is 8.32. The highest BCUT2D eigenvalue weighted by molar-refractivity contribution is 5.73. The molecule has 0 aromatic rings. The fourth-order valence-electron chi connectivity index (χ4n) is 0.738. The van der Waals surface area contributed by atoms with Gasteiger partial charge in [-0.1, -0.05) is 5.17 Å². The molecule has 0 aliphatic heterocycles. The SMILES string of the molecule is CC(C)(C)OC(=O)NN(O)C(=O)OC(C)(C)C. The first kappa shape index (κ1) is 15.5. The Morgan fingerprint density at radius 1 is 1.00 bits per heavy atom. The molecule has 7 nitrogen and oxygen atoms in total. The van der Waals surface area contributed by atoms with Gasteiger partial charge in [-0.2, -0.15) is 0 Å². The Bertz CT molecular complexity index is 290. The molecule has 17 heavy (non-hydrogen) atoms. The molecule has 0 aromatic carbocycles. The number of hydrazine groups is 1. The van der Waals surface area contributed by atoms with Gasteiger partial charge in [0.15, 0.2) is 0 Å². The molecule has 7 heteroatoms. The van der Waals surface area contributed by atoms with Crippen molar-refractivity contribution in [1.29, 1.82) is 0 Å². The maximum atomic E-state index is 11.2. The smallest absolute Gasteiger partial charge is 0.443 e. The minimum atomic E-state index is -1.09. The average molecular weight is 248 g/mol. The van der Waals surface area contributed by atoms with Gasteiger partial charge in [0.1, 0.15) is 11.2 Å². The van der Waals surface area contributed by atoms with Crippen LogP contribution in [-0.2, 0) is 9.47 Å². The zero-order valence-corrected chi connectivity index (χ0v) is 11.0. The Morgan fingerprint density at radius 3 is 1.76 bits per heavy atom. The van der Waals surface area contributed by atoms with Crippen molar-refractivity contribution in [3.05, 3.63) is 0 Å². The number of nitrogens with zero attached hydrogens (tertiary/aromatic N) is 1. The molecular formula is C10H20N2O5. The predicted octanol–water partition coefficient (Wildman–Crippen LogP) is 2.05. The molecule has 0 aliphatic rings. The summed E-state index contributed by atoms with van der Waals surface area (Å²) in [5.41, 5.74) is 0.318. The van der Waals surface area contributed by atoms with Crippen LogP contribution in [0.3, 0.4) is 0 Å². The topological polar surface area (TPSA) is 88.1 Å². The van der Waals surface area contributed by atoms with Crippen molar-refractivity contribution < 1.29 is 24.3 Å². The Kier molecular flexibility index (Phi) is 4.76. The van der Waals surface area contributed by atoms with Crippen molar-refractivity contribution >= 4 is 12.2 Å². The molecule has 0 aromatic heterocycles. The first-order valence-corrected chi connectivity index (χ1v) is 5.12. The average Bonchev–Trinajstić information content (AvgIpc) is 1.95. The molecule has 0 saturated carbocycles. The summed E-state index contributed by atoms with van der Waals surface area (Å²) in [7, 11) is 0. The summed E-state index contributed by atoms with van der Waals surface area (Å²) in [6.45, 7) is 9.86. The molecule has 0 heterocycles. The summed E-state index contributed by atoms with van der Waals surface area (Å²) >= 11 is 0. The van der Waals surface area contributed by atoms with Gasteiger partial charge in [0, 0.05) is 0 Å². The first-order chi connectivity index (χ1) is 7.41. The number of carbonyl (C=O) groups is 2. The molecule has 0 fully saturated rings. The van der Waals surface area contributed by atoms with Gasteiger partial charge >= 0.3 is 12.2 Å². The molecule has 0 bridgehead atoms. The van der Waals surface area contributed by atoms with Gasteiger partial charge in [0.05, 0.1) is 0 Å². The van der Waals surface area contributed by atoms with Gasteiger partial charge < -0.3 is 9.47 Å². The molecule has 0 rings (SSSR count). The summed E-state index contributed by atoms with van der Waals surface area (Å²) in [4.78, 5) is 22.4. The number of hydroxylamine groups is 1. The third-order valence-electron chi connectivity index (χ3n) is 1.16. The Hall–Kier alpha value is -1.50. The molecule has 0 unspecified atom stereocenters. The summed E-state index contributed by atoms with van der Waals surface area (Å²) in [5, 5.41) is 9.14.